The number of alkyl halides is 3. The summed E-state index contributed by atoms with van der Waals surface area (Å²) in [6.07, 6.45) is -2.03. The molecule has 1 aromatic heterocycles. The number of halogens is 3. The molecule has 0 unspecified atom stereocenters. The standard InChI is InChI=1S/C21H18F3N3O5S/c1-2-31-18-12-15(26-20(28)14-5-4-10-25-13-14)8-9-19(18)33(29,30)27-16-6-3-7-17(11-16)32-21(22,23)24/h3-13,27H,2H2,1H3,(H,26,28). The minimum atomic E-state index is -4.92. The highest BCUT2D eigenvalue weighted by atomic mass is 32.2. The van der Waals surface area contributed by atoms with Gasteiger partial charge >= 0.3 is 6.36 Å². The molecule has 0 saturated heterocycles. The predicted octanol–water partition coefficient (Wildman–Crippen LogP) is 4.43. The molecule has 2 aromatic carbocycles. The van der Waals surface area contributed by atoms with Crippen molar-refractivity contribution < 1.29 is 35.9 Å². The molecule has 2 N–H and O–H groups in total. The molecule has 3 aromatic rings. The fourth-order valence-electron chi connectivity index (χ4n) is 2.74. The number of carbonyl (C=O) groups excluding carboxylic acids is 1. The molecule has 0 aliphatic heterocycles. The molecular formula is C21H18F3N3O5S. The summed E-state index contributed by atoms with van der Waals surface area (Å²) in [5.41, 5.74) is 0.426. The van der Waals surface area contributed by atoms with Crippen molar-refractivity contribution in [2.24, 2.45) is 0 Å². The molecule has 0 saturated carbocycles. The van der Waals surface area contributed by atoms with Crippen molar-refractivity contribution in [2.75, 3.05) is 16.6 Å². The van der Waals surface area contributed by atoms with Crippen LogP contribution >= 0.6 is 0 Å². The van der Waals surface area contributed by atoms with Crippen molar-refractivity contribution in [2.45, 2.75) is 18.2 Å². The van der Waals surface area contributed by atoms with Gasteiger partial charge in [0.05, 0.1) is 17.9 Å². The number of nitrogens with zero attached hydrogens (tertiary/aromatic N) is 1. The Labute approximate surface area is 187 Å². The molecule has 0 atom stereocenters. The van der Waals surface area contributed by atoms with E-state index < -0.39 is 28.0 Å². The molecule has 1 heterocycles. The quantitative estimate of drug-likeness (QED) is 0.493. The number of anilines is 2. The second kappa shape index (κ2) is 9.77. The average Bonchev–Trinajstić information content (AvgIpc) is 2.73. The summed E-state index contributed by atoms with van der Waals surface area (Å²) in [4.78, 5) is 15.9. The molecule has 0 aliphatic carbocycles. The lowest BCUT2D eigenvalue weighted by Crippen LogP contribution is -2.18. The molecule has 3 rings (SSSR count). The van der Waals surface area contributed by atoms with Gasteiger partial charge in [0.2, 0.25) is 0 Å². The van der Waals surface area contributed by atoms with Crippen molar-refractivity contribution in [3.63, 3.8) is 0 Å². The van der Waals surface area contributed by atoms with E-state index in [0.29, 0.717) is 5.56 Å². The maximum atomic E-state index is 12.9. The van der Waals surface area contributed by atoms with Gasteiger partial charge in [0.1, 0.15) is 16.4 Å². The van der Waals surface area contributed by atoms with E-state index in [0.717, 1.165) is 12.1 Å². The molecule has 0 spiro atoms. The summed E-state index contributed by atoms with van der Waals surface area (Å²) in [6, 6.07) is 11.5. The van der Waals surface area contributed by atoms with Crippen LogP contribution in [0.15, 0.2) is 71.9 Å². The highest BCUT2D eigenvalue weighted by molar-refractivity contribution is 7.92. The summed E-state index contributed by atoms with van der Waals surface area (Å²) in [6.45, 7) is 1.76. The summed E-state index contributed by atoms with van der Waals surface area (Å²) in [5.74, 6) is -1.10. The molecule has 1 amide bonds. The van der Waals surface area contributed by atoms with Gasteiger partial charge in [-0.05, 0) is 43.3 Å². The van der Waals surface area contributed by atoms with Crippen LogP contribution in [0.1, 0.15) is 17.3 Å². The van der Waals surface area contributed by atoms with Gasteiger partial charge < -0.3 is 14.8 Å². The van der Waals surface area contributed by atoms with Gasteiger partial charge in [0.25, 0.3) is 15.9 Å². The highest BCUT2D eigenvalue weighted by Gasteiger charge is 2.31. The van der Waals surface area contributed by atoms with Crippen LogP contribution in [0.3, 0.4) is 0 Å². The van der Waals surface area contributed by atoms with Crippen LogP contribution in [0.2, 0.25) is 0 Å². The lowest BCUT2D eigenvalue weighted by atomic mass is 10.2. The van der Waals surface area contributed by atoms with Crippen LogP contribution in [0.25, 0.3) is 0 Å². The predicted molar refractivity (Wildman–Crippen MR) is 114 cm³/mol. The van der Waals surface area contributed by atoms with E-state index in [2.05, 4.69) is 19.8 Å². The van der Waals surface area contributed by atoms with Crippen molar-refractivity contribution in [3.05, 3.63) is 72.6 Å². The van der Waals surface area contributed by atoms with E-state index in [-0.39, 0.29) is 28.6 Å². The number of pyridine rings is 1. The maximum Gasteiger partial charge on any atom is 0.573 e. The molecule has 0 aliphatic rings. The Morgan fingerprint density at radius 1 is 1.06 bits per heavy atom. The lowest BCUT2D eigenvalue weighted by molar-refractivity contribution is -0.274. The zero-order valence-electron chi connectivity index (χ0n) is 17.1. The lowest BCUT2D eigenvalue weighted by Gasteiger charge is -2.15. The van der Waals surface area contributed by atoms with Gasteiger partial charge in [-0.1, -0.05) is 6.07 Å². The van der Waals surface area contributed by atoms with Gasteiger partial charge in [-0.3, -0.25) is 14.5 Å². The van der Waals surface area contributed by atoms with Gasteiger partial charge in [0, 0.05) is 30.2 Å². The first-order valence-electron chi connectivity index (χ1n) is 9.44. The Bertz CT molecular complexity index is 1240. The Morgan fingerprint density at radius 3 is 2.52 bits per heavy atom. The van der Waals surface area contributed by atoms with E-state index in [1.165, 1.54) is 42.7 Å². The third kappa shape index (κ3) is 6.59. The monoisotopic (exact) mass is 481 g/mol. The number of aromatic nitrogens is 1. The molecule has 0 fully saturated rings. The third-order valence-electron chi connectivity index (χ3n) is 4.03. The fraction of sp³-hybridized carbons (Fsp3) is 0.143. The van der Waals surface area contributed by atoms with Crippen LogP contribution in [0, 0.1) is 0 Å². The number of hydrogen-bond donors (Lipinski definition) is 2. The summed E-state index contributed by atoms with van der Waals surface area (Å²) in [5, 5.41) is 2.62. The Balaban J connectivity index is 1.85. The zero-order valence-corrected chi connectivity index (χ0v) is 17.9. The van der Waals surface area contributed by atoms with E-state index in [1.54, 1.807) is 19.1 Å². The molecule has 0 bridgehead atoms. The van der Waals surface area contributed by atoms with E-state index >= 15 is 0 Å². The van der Waals surface area contributed by atoms with Crippen LogP contribution in [0.5, 0.6) is 11.5 Å². The second-order valence-corrected chi connectivity index (χ2v) is 8.12. The summed E-state index contributed by atoms with van der Waals surface area (Å²) < 4.78 is 74.5. The number of rotatable bonds is 8. The molecule has 174 valence electrons. The van der Waals surface area contributed by atoms with Crippen molar-refractivity contribution in [3.8, 4) is 11.5 Å². The number of sulfonamides is 1. The Kier molecular flexibility index (Phi) is 7.07. The van der Waals surface area contributed by atoms with Gasteiger partial charge in [-0.25, -0.2) is 8.42 Å². The van der Waals surface area contributed by atoms with E-state index in [1.807, 2.05) is 0 Å². The normalized spacial score (nSPS) is 11.5. The topological polar surface area (TPSA) is 107 Å². The average molecular weight is 481 g/mol. The van der Waals surface area contributed by atoms with Crippen LogP contribution in [-0.2, 0) is 10.0 Å². The molecular weight excluding hydrogens is 463 g/mol. The smallest absolute Gasteiger partial charge is 0.492 e. The first-order valence-corrected chi connectivity index (χ1v) is 10.9. The molecule has 0 radical (unpaired) electrons. The van der Waals surface area contributed by atoms with Crippen molar-refractivity contribution in [1.82, 2.24) is 4.98 Å². The number of hydrogen-bond acceptors (Lipinski definition) is 6. The maximum absolute atomic E-state index is 12.9. The fourth-order valence-corrected chi connectivity index (χ4v) is 3.92. The third-order valence-corrected chi connectivity index (χ3v) is 5.46. The number of nitrogens with one attached hydrogen (secondary N) is 2. The first-order chi connectivity index (χ1) is 15.6. The van der Waals surface area contributed by atoms with Crippen molar-refractivity contribution in [1.29, 1.82) is 0 Å². The number of carbonyl (C=O) groups is 1. The van der Waals surface area contributed by atoms with Crippen LogP contribution in [0.4, 0.5) is 24.5 Å². The minimum Gasteiger partial charge on any atom is -0.492 e. The molecule has 12 heteroatoms. The number of amides is 1. The van der Waals surface area contributed by atoms with Crippen LogP contribution < -0.4 is 19.5 Å². The molecule has 33 heavy (non-hydrogen) atoms. The van der Waals surface area contributed by atoms with Gasteiger partial charge in [-0.2, -0.15) is 0 Å². The SMILES string of the molecule is CCOc1cc(NC(=O)c2cccnc2)ccc1S(=O)(=O)Nc1cccc(OC(F)(F)F)c1. The molecule has 8 nitrogen and oxygen atoms in total. The zero-order chi connectivity index (χ0) is 24.1. The first kappa shape index (κ1) is 23.9. The van der Waals surface area contributed by atoms with Gasteiger partial charge in [0.15, 0.2) is 0 Å². The highest BCUT2D eigenvalue weighted by Crippen LogP contribution is 2.31. The largest absolute Gasteiger partial charge is 0.573 e. The van der Waals surface area contributed by atoms with E-state index in [9.17, 15) is 26.4 Å². The van der Waals surface area contributed by atoms with Crippen molar-refractivity contribution >= 4 is 27.3 Å². The Hall–Kier alpha value is -3.80. The second-order valence-electron chi connectivity index (χ2n) is 6.47. The summed E-state index contributed by atoms with van der Waals surface area (Å²) in [7, 11) is -4.26. The minimum absolute atomic E-state index is 0.0586. The number of benzene rings is 2. The summed E-state index contributed by atoms with van der Waals surface area (Å²) >= 11 is 0. The Morgan fingerprint density at radius 2 is 1.85 bits per heavy atom. The van der Waals surface area contributed by atoms with E-state index in [4.69, 9.17) is 4.74 Å². The van der Waals surface area contributed by atoms with Gasteiger partial charge in [-0.15, -0.1) is 13.2 Å². The number of ether oxygens (including phenoxy) is 2. The van der Waals surface area contributed by atoms with Crippen LogP contribution in [-0.4, -0.2) is 32.3 Å².